The Morgan fingerprint density at radius 1 is 1.33 bits per heavy atom. The Morgan fingerprint density at radius 3 is 2.76 bits per heavy atom. The van der Waals surface area contributed by atoms with Gasteiger partial charge in [0, 0.05) is 0 Å². The van der Waals surface area contributed by atoms with E-state index in [0.29, 0.717) is 17.9 Å². The summed E-state index contributed by atoms with van der Waals surface area (Å²) in [6, 6.07) is 7.93. The molecule has 0 unspecified atom stereocenters. The number of nitrogens with two attached hydrogens (primary N) is 1. The first-order valence-electron chi connectivity index (χ1n) is 6.89. The van der Waals surface area contributed by atoms with Crippen molar-refractivity contribution in [1.29, 1.82) is 0 Å². The van der Waals surface area contributed by atoms with Crippen molar-refractivity contribution in [2.75, 3.05) is 0 Å². The number of benzene rings is 1. The molecule has 21 heavy (non-hydrogen) atoms. The average Bonchev–Trinajstić information content (AvgIpc) is 2.95. The third-order valence-electron chi connectivity index (χ3n) is 3.12. The molecule has 0 aliphatic carbocycles. The molecule has 1 heterocycles. The predicted molar refractivity (Wildman–Crippen MR) is 83.3 cm³/mol. The second-order valence-corrected chi connectivity index (χ2v) is 5.54. The molecule has 1 aromatic heterocycles. The Balaban J connectivity index is 2.13. The minimum Gasteiger partial charge on any atom is -0.486 e. The molecule has 112 valence electrons. The van der Waals surface area contributed by atoms with Crippen molar-refractivity contribution in [3.05, 3.63) is 45.4 Å². The van der Waals surface area contributed by atoms with Gasteiger partial charge in [0.05, 0.1) is 5.69 Å². The molecule has 1 amide bonds. The highest BCUT2D eigenvalue weighted by molar-refractivity contribution is 7.13. The number of hydrazine groups is 1. The molecule has 0 radical (unpaired) electrons. The Hall–Kier alpha value is -1.92. The van der Waals surface area contributed by atoms with Gasteiger partial charge in [0.2, 0.25) is 0 Å². The Labute approximate surface area is 128 Å². The number of hydrogen-bond acceptors (Lipinski definition) is 5. The van der Waals surface area contributed by atoms with Gasteiger partial charge in [-0.2, -0.15) is 0 Å². The van der Waals surface area contributed by atoms with Crippen molar-refractivity contribution in [2.45, 2.75) is 33.3 Å². The van der Waals surface area contributed by atoms with Crippen molar-refractivity contribution < 1.29 is 9.53 Å². The molecule has 0 spiro atoms. The number of aryl methyl sites for hydroxylation is 2. The van der Waals surface area contributed by atoms with E-state index in [2.05, 4.69) is 17.3 Å². The van der Waals surface area contributed by atoms with Gasteiger partial charge in [-0.15, -0.1) is 11.3 Å². The third-order valence-corrected chi connectivity index (χ3v) is 4.19. The van der Waals surface area contributed by atoms with Crippen LogP contribution in [0.25, 0.3) is 0 Å². The first-order valence-corrected chi connectivity index (χ1v) is 7.71. The van der Waals surface area contributed by atoms with Crippen molar-refractivity contribution >= 4 is 17.2 Å². The number of nitrogens with zero attached hydrogens (tertiary/aromatic N) is 1. The van der Waals surface area contributed by atoms with Crippen LogP contribution in [0.1, 0.15) is 39.8 Å². The van der Waals surface area contributed by atoms with E-state index in [1.807, 2.05) is 31.2 Å². The normalized spacial score (nSPS) is 10.4. The number of para-hydroxylation sites is 1. The zero-order chi connectivity index (χ0) is 15.2. The molecule has 0 atom stereocenters. The van der Waals surface area contributed by atoms with Crippen molar-refractivity contribution in [1.82, 2.24) is 10.4 Å². The lowest BCUT2D eigenvalue weighted by Gasteiger charge is -2.08. The van der Waals surface area contributed by atoms with Crippen LogP contribution < -0.4 is 16.0 Å². The molecule has 5 nitrogen and oxygen atoms in total. The lowest BCUT2D eigenvalue weighted by Crippen LogP contribution is -2.30. The van der Waals surface area contributed by atoms with Gasteiger partial charge in [-0.25, -0.2) is 10.8 Å². The molecular weight excluding hydrogens is 286 g/mol. The molecular formula is C15H19N3O2S. The van der Waals surface area contributed by atoms with Gasteiger partial charge in [-0.1, -0.05) is 32.0 Å². The number of nitrogen functional groups attached to an aromatic ring is 1. The highest BCUT2D eigenvalue weighted by atomic mass is 32.1. The van der Waals surface area contributed by atoms with E-state index in [0.717, 1.165) is 28.4 Å². The molecule has 6 heteroatoms. The maximum absolute atomic E-state index is 11.7. The number of thiazole rings is 1. The van der Waals surface area contributed by atoms with E-state index in [9.17, 15) is 4.79 Å². The monoisotopic (exact) mass is 305 g/mol. The highest BCUT2D eigenvalue weighted by Gasteiger charge is 2.16. The summed E-state index contributed by atoms with van der Waals surface area (Å²) in [6.07, 6.45) is 1.60. The van der Waals surface area contributed by atoms with Crippen LogP contribution in [0.5, 0.6) is 5.75 Å². The van der Waals surface area contributed by atoms with Crippen LogP contribution >= 0.6 is 11.3 Å². The number of ether oxygens (including phenoxy) is 1. The number of carbonyl (C=O) groups excluding carboxylic acids is 1. The summed E-state index contributed by atoms with van der Waals surface area (Å²) in [5, 5.41) is 0.774. The fraction of sp³-hybridized carbons (Fsp3) is 0.333. The van der Waals surface area contributed by atoms with Gasteiger partial charge >= 0.3 is 0 Å². The fourth-order valence-corrected chi connectivity index (χ4v) is 2.99. The summed E-state index contributed by atoms with van der Waals surface area (Å²) in [6.45, 7) is 4.40. The van der Waals surface area contributed by atoms with E-state index >= 15 is 0 Å². The third kappa shape index (κ3) is 3.59. The number of aromatic nitrogens is 1. The van der Waals surface area contributed by atoms with E-state index in [4.69, 9.17) is 10.6 Å². The average molecular weight is 305 g/mol. The number of hydrogen-bond donors (Lipinski definition) is 2. The first kappa shape index (κ1) is 15.5. The molecule has 0 bridgehead atoms. The molecule has 0 aliphatic rings. The van der Waals surface area contributed by atoms with Crippen LogP contribution in [0.15, 0.2) is 24.3 Å². The maximum atomic E-state index is 11.7. The molecule has 0 saturated carbocycles. The molecule has 3 N–H and O–H groups in total. The van der Waals surface area contributed by atoms with E-state index in [-0.39, 0.29) is 5.91 Å². The van der Waals surface area contributed by atoms with Crippen LogP contribution in [0.4, 0.5) is 0 Å². The zero-order valence-electron chi connectivity index (χ0n) is 12.2. The standard InChI is InChI=1S/C15H19N3O2S/c1-3-10-7-5-6-8-12(10)20-9-13-17-11(4-2)14(21-13)15(19)18-16/h5-8H,3-4,9,16H2,1-2H3,(H,18,19). The van der Waals surface area contributed by atoms with Crippen molar-refractivity contribution in [3.63, 3.8) is 0 Å². The smallest absolute Gasteiger partial charge is 0.277 e. The van der Waals surface area contributed by atoms with Gasteiger partial charge < -0.3 is 4.74 Å². The van der Waals surface area contributed by atoms with Gasteiger partial charge in [-0.3, -0.25) is 10.2 Å². The minimum atomic E-state index is -0.301. The second-order valence-electron chi connectivity index (χ2n) is 4.46. The Bertz CT molecular complexity index is 625. The number of amides is 1. The molecule has 0 aliphatic heterocycles. The van der Waals surface area contributed by atoms with Gasteiger partial charge in [0.1, 0.15) is 22.2 Å². The maximum Gasteiger partial charge on any atom is 0.277 e. The molecule has 2 rings (SSSR count). The van der Waals surface area contributed by atoms with Crippen LogP contribution in [-0.4, -0.2) is 10.9 Å². The van der Waals surface area contributed by atoms with Crippen molar-refractivity contribution in [3.8, 4) is 5.75 Å². The molecule has 0 saturated heterocycles. The second kappa shape index (κ2) is 7.19. The highest BCUT2D eigenvalue weighted by Crippen LogP contribution is 2.23. The quantitative estimate of drug-likeness (QED) is 0.488. The van der Waals surface area contributed by atoms with Crippen LogP contribution in [0.2, 0.25) is 0 Å². The van der Waals surface area contributed by atoms with Crippen LogP contribution in [0.3, 0.4) is 0 Å². The topological polar surface area (TPSA) is 77.2 Å². The number of nitrogens with one attached hydrogen (secondary N) is 1. The van der Waals surface area contributed by atoms with E-state index < -0.39 is 0 Å². The number of carbonyl (C=O) groups is 1. The van der Waals surface area contributed by atoms with Gasteiger partial charge in [0.25, 0.3) is 5.91 Å². The Kier molecular flexibility index (Phi) is 5.30. The summed E-state index contributed by atoms with van der Waals surface area (Å²) < 4.78 is 5.83. The summed E-state index contributed by atoms with van der Waals surface area (Å²) in [5.74, 6) is 5.75. The minimum absolute atomic E-state index is 0.301. The molecule has 2 aromatic rings. The summed E-state index contributed by atoms with van der Waals surface area (Å²) in [4.78, 5) is 16.7. The summed E-state index contributed by atoms with van der Waals surface area (Å²) in [5.41, 5.74) is 4.06. The zero-order valence-corrected chi connectivity index (χ0v) is 13.0. The van der Waals surface area contributed by atoms with E-state index in [1.165, 1.54) is 11.3 Å². The lowest BCUT2D eigenvalue weighted by molar-refractivity contribution is 0.0956. The number of rotatable bonds is 6. The first-order chi connectivity index (χ1) is 10.2. The summed E-state index contributed by atoms with van der Waals surface area (Å²) >= 11 is 1.32. The molecule has 0 fully saturated rings. The van der Waals surface area contributed by atoms with Gasteiger partial charge in [0.15, 0.2) is 0 Å². The van der Waals surface area contributed by atoms with Crippen LogP contribution in [-0.2, 0) is 19.4 Å². The van der Waals surface area contributed by atoms with Crippen LogP contribution in [0, 0.1) is 0 Å². The van der Waals surface area contributed by atoms with Crippen molar-refractivity contribution in [2.24, 2.45) is 5.84 Å². The molecule has 1 aromatic carbocycles. The SMILES string of the molecule is CCc1ccccc1OCc1nc(CC)c(C(=O)NN)s1. The largest absolute Gasteiger partial charge is 0.486 e. The lowest BCUT2D eigenvalue weighted by atomic mass is 10.1. The summed E-state index contributed by atoms with van der Waals surface area (Å²) in [7, 11) is 0. The predicted octanol–water partition coefficient (Wildman–Crippen LogP) is 2.45. The fourth-order valence-electron chi connectivity index (χ4n) is 2.02. The Morgan fingerprint density at radius 2 is 2.10 bits per heavy atom. The van der Waals surface area contributed by atoms with Gasteiger partial charge in [-0.05, 0) is 24.5 Å². The van der Waals surface area contributed by atoms with E-state index in [1.54, 1.807) is 0 Å².